The molecule has 0 aromatic rings. The van der Waals surface area contributed by atoms with Crippen molar-refractivity contribution in [3.05, 3.63) is 0 Å². The van der Waals surface area contributed by atoms with E-state index in [1.165, 1.54) is 6.42 Å². The zero-order valence-electron chi connectivity index (χ0n) is 8.45. The van der Waals surface area contributed by atoms with Gasteiger partial charge in [-0.25, -0.2) is 0 Å². The van der Waals surface area contributed by atoms with E-state index in [9.17, 15) is 5.11 Å². The van der Waals surface area contributed by atoms with Crippen molar-refractivity contribution in [1.82, 2.24) is 4.90 Å². The molecular weight excluding hydrogens is 150 g/mol. The van der Waals surface area contributed by atoms with Crippen molar-refractivity contribution in [2.45, 2.75) is 45.8 Å². The molecule has 1 N–H and O–H groups in total. The molecule has 0 radical (unpaired) electrons. The van der Waals surface area contributed by atoms with Crippen LogP contribution in [0.1, 0.15) is 33.6 Å². The molecule has 0 bridgehead atoms. The smallest absolute Gasteiger partial charge is 0.0682 e. The maximum absolute atomic E-state index is 9.39. The topological polar surface area (TPSA) is 23.5 Å². The number of aliphatic hydroxyl groups excluding tert-OH is 1. The number of aliphatic hydroxyl groups is 1. The summed E-state index contributed by atoms with van der Waals surface area (Å²) in [5.74, 6) is 0.773. The van der Waals surface area contributed by atoms with Crippen LogP contribution in [0.3, 0.4) is 0 Å². The lowest BCUT2D eigenvalue weighted by molar-refractivity contribution is 0.173. The fourth-order valence-corrected chi connectivity index (χ4v) is 1.80. The van der Waals surface area contributed by atoms with Gasteiger partial charge in [-0.05, 0) is 32.2 Å². The fraction of sp³-hybridized carbons (Fsp3) is 1.00. The summed E-state index contributed by atoms with van der Waals surface area (Å²) in [5, 5.41) is 9.39. The van der Waals surface area contributed by atoms with E-state index >= 15 is 0 Å². The Labute approximate surface area is 75.6 Å². The summed E-state index contributed by atoms with van der Waals surface area (Å²) < 4.78 is 0. The molecule has 1 rings (SSSR count). The van der Waals surface area contributed by atoms with Gasteiger partial charge in [0, 0.05) is 12.6 Å². The Balaban J connectivity index is 2.23. The van der Waals surface area contributed by atoms with Gasteiger partial charge in [-0.2, -0.15) is 0 Å². The molecule has 2 heteroatoms. The Morgan fingerprint density at radius 2 is 2.17 bits per heavy atom. The molecule has 0 spiro atoms. The molecule has 0 aliphatic carbocycles. The highest BCUT2D eigenvalue weighted by Crippen LogP contribution is 2.18. The van der Waals surface area contributed by atoms with Crippen LogP contribution < -0.4 is 0 Å². The summed E-state index contributed by atoms with van der Waals surface area (Å²) in [6.45, 7) is 8.73. The van der Waals surface area contributed by atoms with Gasteiger partial charge < -0.3 is 5.11 Å². The van der Waals surface area contributed by atoms with E-state index in [0.717, 1.165) is 25.4 Å². The molecule has 0 aromatic heterocycles. The monoisotopic (exact) mass is 171 g/mol. The SMILES string of the molecule is CC(C)CCN1C[C@@H](O)C[C@@H]1C. The molecule has 1 aliphatic rings. The van der Waals surface area contributed by atoms with Crippen LogP contribution >= 0.6 is 0 Å². The highest BCUT2D eigenvalue weighted by molar-refractivity contribution is 4.81. The minimum Gasteiger partial charge on any atom is -0.392 e. The van der Waals surface area contributed by atoms with Crippen LogP contribution in [0.2, 0.25) is 0 Å². The first kappa shape index (κ1) is 10.0. The second-order valence-corrected chi connectivity index (χ2v) is 4.42. The number of hydrogen-bond donors (Lipinski definition) is 1. The Bertz CT molecular complexity index is 136. The molecular formula is C10H21NO. The Morgan fingerprint density at radius 1 is 1.50 bits per heavy atom. The normalized spacial score (nSPS) is 31.8. The van der Waals surface area contributed by atoms with Crippen molar-refractivity contribution in [3.8, 4) is 0 Å². The largest absolute Gasteiger partial charge is 0.392 e. The highest BCUT2D eigenvalue weighted by atomic mass is 16.3. The fourth-order valence-electron chi connectivity index (χ4n) is 1.80. The maximum Gasteiger partial charge on any atom is 0.0682 e. The summed E-state index contributed by atoms with van der Waals surface area (Å²) in [5.41, 5.74) is 0. The lowest BCUT2D eigenvalue weighted by Gasteiger charge is -2.21. The third-order valence-electron chi connectivity index (χ3n) is 2.68. The zero-order chi connectivity index (χ0) is 9.14. The van der Waals surface area contributed by atoms with E-state index in [2.05, 4.69) is 25.7 Å². The average Bonchev–Trinajstić information content (AvgIpc) is 2.26. The molecule has 0 aromatic carbocycles. The third-order valence-corrected chi connectivity index (χ3v) is 2.68. The van der Waals surface area contributed by atoms with Crippen molar-refractivity contribution in [3.63, 3.8) is 0 Å². The van der Waals surface area contributed by atoms with Gasteiger partial charge in [-0.15, -0.1) is 0 Å². The van der Waals surface area contributed by atoms with Crippen molar-refractivity contribution in [2.75, 3.05) is 13.1 Å². The van der Waals surface area contributed by atoms with Crippen molar-refractivity contribution in [2.24, 2.45) is 5.92 Å². The summed E-state index contributed by atoms with van der Waals surface area (Å²) in [7, 11) is 0. The Hall–Kier alpha value is -0.0800. The van der Waals surface area contributed by atoms with Gasteiger partial charge in [-0.3, -0.25) is 4.90 Å². The van der Waals surface area contributed by atoms with Gasteiger partial charge in [0.05, 0.1) is 6.10 Å². The first-order valence-corrected chi connectivity index (χ1v) is 5.01. The molecule has 12 heavy (non-hydrogen) atoms. The second-order valence-electron chi connectivity index (χ2n) is 4.42. The molecule has 1 heterocycles. The van der Waals surface area contributed by atoms with Crippen LogP contribution in [-0.2, 0) is 0 Å². The first-order chi connectivity index (χ1) is 5.59. The van der Waals surface area contributed by atoms with E-state index in [4.69, 9.17) is 0 Å². The van der Waals surface area contributed by atoms with Crippen molar-refractivity contribution in [1.29, 1.82) is 0 Å². The molecule has 1 aliphatic heterocycles. The quantitative estimate of drug-likeness (QED) is 0.695. The summed E-state index contributed by atoms with van der Waals surface area (Å²) >= 11 is 0. The predicted molar refractivity (Wildman–Crippen MR) is 51.1 cm³/mol. The van der Waals surface area contributed by atoms with Crippen LogP contribution in [0.4, 0.5) is 0 Å². The van der Waals surface area contributed by atoms with Crippen molar-refractivity contribution < 1.29 is 5.11 Å². The molecule has 2 atom stereocenters. The number of β-amino-alcohol motifs (C(OH)–C–C–N with tert-alkyl or cyclic N) is 1. The van der Waals surface area contributed by atoms with Gasteiger partial charge in [0.15, 0.2) is 0 Å². The summed E-state index contributed by atoms with van der Waals surface area (Å²) in [4.78, 5) is 2.39. The second kappa shape index (κ2) is 4.24. The Morgan fingerprint density at radius 3 is 2.58 bits per heavy atom. The Kier molecular flexibility index (Phi) is 3.53. The standard InChI is InChI=1S/C10H21NO/c1-8(2)4-5-11-7-10(12)6-9(11)3/h8-10,12H,4-7H2,1-3H3/t9-,10-/m0/s1. The van der Waals surface area contributed by atoms with E-state index in [1.807, 2.05) is 0 Å². The van der Waals surface area contributed by atoms with Gasteiger partial charge in [-0.1, -0.05) is 13.8 Å². The van der Waals surface area contributed by atoms with Crippen LogP contribution in [0.25, 0.3) is 0 Å². The predicted octanol–water partition coefficient (Wildman–Crippen LogP) is 1.49. The number of likely N-dealkylation sites (tertiary alicyclic amines) is 1. The highest BCUT2D eigenvalue weighted by Gasteiger charge is 2.26. The average molecular weight is 171 g/mol. The number of hydrogen-bond acceptors (Lipinski definition) is 2. The van der Waals surface area contributed by atoms with Crippen LogP contribution in [-0.4, -0.2) is 35.2 Å². The molecule has 1 saturated heterocycles. The molecule has 1 fully saturated rings. The maximum atomic E-state index is 9.39. The number of nitrogens with zero attached hydrogens (tertiary/aromatic N) is 1. The number of rotatable bonds is 3. The summed E-state index contributed by atoms with van der Waals surface area (Å²) in [6.07, 6.45) is 2.13. The molecule has 2 nitrogen and oxygen atoms in total. The first-order valence-electron chi connectivity index (χ1n) is 5.01. The van der Waals surface area contributed by atoms with E-state index in [-0.39, 0.29) is 6.10 Å². The lowest BCUT2D eigenvalue weighted by atomic mass is 10.1. The van der Waals surface area contributed by atoms with E-state index < -0.39 is 0 Å². The molecule has 0 unspecified atom stereocenters. The van der Waals surface area contributed by atoms with Gasteiger partial charge >= 0.3 is 0 Å². The minimum atomic E-state index is -0.0767. The van der Waals surface area contributed by atoms with Crippen LogP contribution in [0, 0.1) is 5.92 Å². The third kappa shape index (κ3) is 2.76. The van der Waals surface area contributed by atoms with E-state index in [1.54, 1.807) is 0 Å². The lowest BCUT2D eigenvalue weighted by Crippen LogP contribution is -2.29. The van der Waals surface area contributed by atoms with Crippen molar-refractivity contribution >= 4 is 0 Å². The van der Waals surface area contributed by atoms with E-state index in [0.29, 0.717) is 6.04 Å². The minimum absolute atomic E-state index is 0.0767. The zero-order valence-corrected chi connectivity index (χ0v) is 8.45. The molecule has 72 valence electrons. The van der Waals surface area contributed by atoms with Gasteiger partial charge in [0.25, 0.3) is 0 Å². The van der Waals surface area contributed by atoms with Gasteiger partial charge in [0.2, 0.25) is 0 Å². The van der Waals surface area contributed by atoms with Crippen LogP contribution in [0.15, 0.2) is 0 Å². The molecule has 0 saturated carbocycles. The van der Waals surface area contributed by atoms with Gasteiger partial charge in [0.1, 0.15) is 0 Å². The summed E-state index contributed by atoms with van der Waals surface area (Å²) in [6, 6.07) is 0.582. The molecule has 0 amide bonds. The van der Waals surface area contributed by atoms with Crippen LogP contribution in [0.5, 0.6) is 0 Å².